The minimum Gasteiger partial charge on any atom is -0.503 e. The van der Waals surface area contributed by atoms with E-state index in [-0.39, 0.29) is 17.0 Å². The van der Waals surface area contributed by atoms with Gasteiger partial charge in [-0.2, -0.15) is 4.68 Å². The van der Waals surface area contributed by atoms with Gasteiger partial charge in [0.25, 0.3) is 5.95 Å². The van der Waals surface area contributed by atoms with Crippen molar-refractivity contribution in [2.45, 2.75) is 26.7 Å². The molecule has 9 heteroatoms. The zero-order valence-electron chi connectivity index (χ0n) is 14.4. The molecule has 1 saturated heterocycles. The molecule has 26 heavy (non-hydrogen) atoms. The zero-order valence-corrected chi connectivity index (χ0v) is 14.4. The van der Waals surface area contributed by atoms with Gasteiger partial charge < -0.3 is 10.0 Å². The van der Waals surface area contributed by atoms with Crippen LogP contribution in [0.25, 0.3) is 17.0 Å². The third-order valence-corrected chi connectivity index (χ3v) is 4.90. The Morgan fingerprint density at radius 1 is 1.12 bits per heavy atom. The number of fused-ring (bicyclic) bond motifs is 1. The molecule has 0 bridgehead atoms. The van der Waals surface area contributed by atoms with Gasteiger partial charge in [-0.1, -0.05) is 19.1 Å². The summed E-state index contributed by atoms with van der Waals surface area (Å²) in [6.07, 6.45) is 5.46. The molecule has 0 atom stereocenters. The molecule has 3 aromatic rings. The molecule has 1 N–H and O–H groups in total. The second-order valence-corrected chi connectivity index (χ2v) is 7.28. The zero-order chi connectivity index (χ0) is 18.5. The number of hydrogen-bond donors (Lipinski definition) is 1. The fourth-order valence-electron chi connectivity index (χ4n) is 3.10. The van der Waals surface area contributed by atoms with Gasteiger partial charge in [-0.05, 0) is 18.3 Å². The Kier molecular flexibility index (Phi) is 3.74. The van der Waals surface area contributed by atoms with Gasteiger partial charge in [-0.15, -0.1) is 5.10 Å². The van der Waals surface area contributed by atoms with Crippen LogP contribution >= 0.6 is 0 Å². The summed E-state index contributed by atoms with van der Waals surface area (Å²) >= 11 is 0. The molecule has 0 amide bonds. The quantitative estimate of drug-likeness (QED) is 0.757. The highest BCUT2D eigenvalue weighted by Crippen LogP contribution is 2.32. The van der Waals surface area contributed by atoms with Gasteiger partial charge in [-0.25, -0.2) is 18.7 Å². The number of phenols is 1. The number of aromatic nitrogens is 5. The summed E-state index contributed by atoms with van der Waals surface area (Å²) in [5.41, 5.74) is 1.02. The van der Waals surface area contributed by atoms with E-state index >= 15 is 0 Å². The van der Waals surface area contributed by atoms with Crippen LogP contribution < -0.4 is 4.90 Å². The van der Waals surface area contributed by atoms with Crippen molar-refractivity contribution in [2.24, 2.45) is 5.41 Å². The summed E-state index contributed by atoms with van der Waals surface area (Å²) in [4.78, 5) is 10.7. The highest BCUT2D eigenvalue weighted by Gasteiger charge is 2.26. The molecule has 136 valence electrons. The molecular weight excluding hydrogens is 342 g/mol. The van der Waals surface area contributed by atoms with E-state index in [1.54, 1.807) is 12.4 Å². The maximum absolute atomic E-state index is 14.2. The number of benzene rings is 1. The third kappa shape index (κ3) is 2.73. The second-order valence-electron chi connectivity index (χ2n) is 7.28. The van der Waals surface area contributed by atoms with Crippen LogP contribution in [0.3, 0.4) is 0 Å². The highest BCUT2D eigenvalue weighted by molar-refractivity contribution is 5.78. The van der Waals surface area contributed by atoms with E-state index in [2.05, 4.69) is 39.0 Å². The molecule has 0 aliphatic carbocycles. The molecule has 0 spiro atoms. The van der Waals surface area contributed by atoms with Crippen molar-refractivity contribution in [3.63, 3.8) is 0 Å². The molecule has 0 radical (unpaired) electrons. The summed E-state index contributed by atoms with van der Waals surface area (Å²) in [5, 5.41) is 17.0. The smallest absolute Gasteiger partial charge is 0.252 e. The van der Waals surface area contributed by atoms with Gasteiger partial charge in [0, 0.05) is 19.2 Å². The first kappa shape index (κ1) is 16.6. The van der Waals surface area contributed by atoms with Gasteiger partial charge in [0.2, 0.25) is 0 Å². The first-order valence-corrected chi connectivity index (χ1v) is 8.35. The maximum Gasteiger partial charge on any atom is 0.252 e. The fraction of sp³-hybridized carbons (Fsp3) is 0.412. The normalized spacial score (nSPS) is 17.0. The number of hydrogen-bond acceptors (Lipinski definition) is 6. The predicted molar refractivity (Wildman–Crippen MR) is 91.3 cm³/mol. The Labute approximate surface area is 148 Å². The Bertz CT molecular complexity index is 960. The highest BCUT2D eigenvalue weighted by atomic mass is 19.1. The summed E-state index contributed by atoms with van der Waals surface area (Å²) in [6, 6.07) is 0.918. The van der Waals surface area contributed by atoms with Gasteiger partial charge in [0.05, 0.1) is 18.1 Å². The average Bonchev–Trinajstić information content (AvgIpc) is 3.04. The lowest BCUT2D eigenvalue weighted by Gasteiger charge is -2.37. The Balaban J connectivity index is 1.66. The van der Waals surface area contributed by atoms with Crippen LogP contribution in [0.1, 0.15) is 26.7 Å². The second kappa shape index (κ2) is 5.86. The van der Waals surface area contributed by atoms with E-state index < -0.39 is 17.4 Å². The standard InChI is InChI=1S/C17H18F2N6O/c1-17(2)3-5-24(6-4-17)10-8-20-16(21-9-10)25-14-12(22-23-25)7-11(18)15(26)13(14)19/h7-9,26H,3-6H2,1-2H3. The molecule has 1 aliphatic heterocycles. The maximum atomic E-state index is 14.2. The van der Waals surface area contributed by atoms with Crippen LogP contribution in [0.5, 0.6) is 5.75 Å². The van der Waals surface area contributed by atoms with E-state index in [9.17, 15) is 13.9 Å². The van der Waals surface area contributed by atoms with Crippen molar-refractivity contribution in [2.75, 3.05) is 18.0 Å². The van der Waals surface area contributed by atoms with E-state index in [0.29, 0.717) is 5.41 Å². The number of aromatic hydroxyl groups is 1. The van der Waals surface area contributed by atoms with Crippen molar-refractivity contribution in [1.29, 1.82) is 0 Å². The monoisotopic (exact) mass is 360 g/mol. The molecule has 7 nitrogen and oxygen atoms in total. The number of phenolic OH excluding ortho intramolecular Hbond substituents is 1. The molecule has 0 unspecified atom stereocenters. The molecule has 2 aromatic heterocycles. The van der Waals surface area contributed by atoms with Crippen LogP contribution in [-0.4, -0.2) is 43.2 Å². The molecule has 4 rings (SSSR count). The summed E-state index contributed by atoms with van der Waals surface area (Å²) in [5.74, 6) is -3.21. The Morgan fingerprint density at radius 3 is 2.42 bits per heavy atom. The molecule has 0 saturated carbocycles. The van der Waals surface area contributed by atoms with Crippen LogP contribution in [-0.2, 0) is 0 Å². The van der Waals surface area contributed by atoms with Crippen molar-refractivity contribution in [3.8, 4) is 11.7 Å². The summed E-state index contributed by atoms with van der Waals surface area (Å²) in [7, 11) is 0. The number of rotatable bonds is 2. The van der Waals surface area contributed by atoms with Gasteiger partial charge in [-0.3, -0.25) is 0 Å². The first-order chi connectivity index (χ1) is 12.4. The topological polar surface area (TPSA) is 80.0 Å². The molecule has 3 heterocycles. The van der Waals surface area contributed by atoms with E-state index in [0.717, 1.165) is 42.4 Å². The summed E-state index contributed by atoms with van der Waals surface area (Å²) in [6.45, 7) is 6.35. The predicted octanol–water partition coefficient (Wildman–Crippen LogP) is 2.82. The molecule has 1 fully saturated rings. The molecular formula is C17H18F2N6O. The lowest BCUT2D eigenvalue weighted by molar-refractivity contribution is 0.279. The van der Waals surface area contributed by atoms with Crippen molar-refractivity contribution in [1.82, 2.24) is 25.0 Å². The fourth-order valence-corrected chi connectivity index (χ4v) is 3.10. The Morgan fingerprint density at radius 2 is 1.77 bits per heavy atom. The minimum atomic E-state index is -1.14. The van der Waals surface area contributed by atoms with E-state index in [1.165, 1.54) is 0 Å². The number of halogens is 2. The number of nitrogens with zero attached hydrogens (tertiary/aromatic N) is 6. The van der Waals surface area contributed by atoms with Crippen LogP contribution in [0, 0.1) is 17.0 Å². The van der Waals surface area contributed by atoms with Crippen LogP contribution in [0.4, 0.5) is 14.5 Å². The van der Waals surface area contributed by atoms with Crippen molar-refractivity contribution < 1.29 is 13.9 Å². The Hall–Kier alpha value is -2.84. The average molecular weight is 360 g/mol. The lowest BCUT2D eigenvalue weighted by Crippen LogP contribution is -2.37. The van der Waals surface area contributed by atoms with Crippen LogP contribution in [0.15, 0.2) is 18.5 Å². The lowest BCUT2D eigenvalue weighted by atomic mass is 9.82. The number of piperidine rings is 1. The van der Waals surface area contributed by atoms with Gasteiger partial charge in [0.1, 0.15) is 11.0 Å². The van der Waals surface area contributed by atoms with Crippen molar-refractivity contribution in [3.05, 3.63) is 30.1 Å². The van der Waals surface area contributed by atoms with Gasteiger partial charge >= 0.3 is 0 Å². The van der Waals surface area contributed by atoms with E-state index in [4.69, 9.17) is 0 Å². The SMILES string of the molecule is CC1(C)CCN(c2cnc(-n3nnc4cc(F)c(O)c(F)c43)nc2)CC1. The summed E-state index contributed by atoms with van der Waals surface area (Å²) < 4.78 is 28.7. The first-order valence-electron chi connectivity index (χ1n) is 8.35. The largest absolute Gasteiger partial charge is 0.503 e. The molecule has 1 aliphatic rings. The van der Waals surface area contributed by atoms with Crippen molar-refractivity contribution >= 4 is 16.7 Å². The minimum absolute atomic E-state index is 0.0243. The van der Waals surface area contributed by atoms with E-state index in [1.807, 2.05) is 0 Å². The number of anilines is 1. The molecule has 1 aromatic carbocycles. The van der Waals surface area contributed by atoms with Gasteiger partial charge in [0.15, 0.2) is 17.4 Å². The van der Waals surface area contributed by atoms with Crippen LogP contribution in [0.2, 0.25) is 0 Å². The third-order valence-electron chi connectivity index (χ3n) is 4.90.